The van der Waals surface area contributed by atoms with E-state index in [2.05, 4.69) is 15.3 Å². The molecule has 0 unspecified atom stereocenters. The lowest BCUT2D eigenvalue weighted by molar-refractivity contribution is -0.137. The summed E-state index contributed by atoms with van der Waals surface area (Å²) in [6.07, 6.45) is -3.25. The third kappa shape index (κ3) is 4.12. The van der Waals surface area contributed by atoms with E-state index in [9.17, 15) is 22.4 Å². The standard InChI is InChI=1S/C20H13F4N5OS/c21-14-7-6-11(20(22,23)24)8-15(14)27-19(30)29(12-4-2-1-3-5-12)16-10-31-17-13(16)9-26-18(25)28-17/h1-10H,(H,27,30)(H2,25,26,28). The summed E-state index contributed by atoms with van der Waals surface area (Å²) in [5, 5.41) is 4.37. The molecule has 0 saturated carbocycles. The average Bonchev–Trinajstić information content (AvgIpc) is 3.12. The Morgan fingerprint density at radius 2 is 1.87 bits per heavy atom. The quantitative estimate of drug-likeness (QED) is 0.389. The summed E-state index contributed by atoms with van der Waals surface area (Å²) in [7, 11) is 0. The number of benzene rings is 2. The number of nitrogen functional groups attached to an aromatic ring is 1. The molecule has 0 aliphatic heterocycles. The third-order valence-electron chi connectivity index (χ3n) is 4.32. The maximum absolute atomic E-state index is 14.2. The lowest BCUT2D eigenvalue weighted by Crippen LogP contribution is -2.31. The van der Waals surface area contributed by atoms with Gasteiger partial charge < -0.3 is 11.1 Å². The molecule has 2 heterocycles. The van der Waals surface area contributed by atoms with Gasteiger partial charge in [-0.3, -0.25) is 4.90 Å². The molecule has 3 N–H and O–H groups in total. The first-order valence-electron chi connectivity index (χ1n) is 8.76. The Morgan fingerprint density at radius 3 is 2.58 bits per heavy atom. The first-order chi connectivity index (χ1) is 14.7. The minimum Gasteiger partial charge on any atom is -0.368 e. The highest BCUT2D eigenvalue weighted by Gasteiger charge is 2.32. The van der Waals surface area contributed by atoms with Gasteiger partial charge in [0, 0.05) is 11.6 Å². The molecular weight excluding hydrogens is 434 g/mol. The Bertz CT molecular complexity index is 1260. The molecule has 0 spiro atoms. The second-order valence-electron chi connectivity index (χ2n) is 6.36. The van der Waals surface area contributed by atoms with Gasteiger partial charge in [0.25, 0.3) is 0 Å². The number of para-hydroxylation sites is 1. The van der Waals surface area contributed by atoms with E-state index >= 15 is 0 Å². The number of anilines is 4. The van der Waals surface area contributed by atoms with Crippen LogP contribution in [0.25, 0.3) is 10.2 Å². The molecule has 4 rings (SSSR count). The zero-order valence-electron chi connectivity index (χ0n) is 15.5. The van der Waals surface area contributed by atoms with Gasteiger partial charge in [0.05, 0.1) is 28.0 Å². The number of carbonyl (C=O) groups is 1. The smallest absolute Gasteiger partial charge is 0.368 e. The molecule has 158 valence electrons. The summed E-state index contributed by atoms with van der Waals surface area (Å²) in [5.74, 6) is -0.941. The zero-order chi connectivity index (χ0) is 22.2. The Labute approximate surface area is 177 Å². The molecule has 0 radical (unpaired) electrons. The summed E-state index contributed by atoms with van der Waals surface area (Å²) < 4.78 is 53.3. The van der Waals surface area contributed by atoms with Crippen LogP contribution in [0.15, 0.2) is 60.1 Å². The number of halogens is 4. The van der Waals surface area contributed by atoms with Crippen LogP contribution in [0.4, 0.5) is 45.4 Å². The van der Waals surface area contributed by atoms with Crippen LogP contribution >= 0.6 is 11.3 Å². The number of alkyl halides is 3. The van der Waals surface area contributed by atoms with E-state index in [1.807, 2.05) is 0 Å². The number of urea groups is 1. The highest BCUT2D eigenvalue weighted by molar-refractivity contribution is 7.17. The Balaban J connectivity index is 1.77. The van der Waals surface area contributed by atoms with Crippen LogP contribution in [0, 0.1) is 5.82 Å². The number of rotatable bonds is 3. The average molecular weight is 447 g/mol. The van der Waals surface area contributed by atoms with E-state index in [0.717, 1.165) is 0 Å². The number of fused-ring (bicyclic) bond motifs is 1. The lowest BCUT2D eigenvalue weighted by Gasteiger charge is -2.23. The minimum absolute atomic E-state index is 0.0580. The second-order valence-corrected chi connectivity index (χ2v) is 7.22. The van der Waals surface area contributed by atoms with Crippen molar-refractivity contribution in [3.05, 3.63) is 71.5 Å². The SMILES string of the molecule is Nc1ncc2c(N(C(=O)Nc3cc(C(F)(F)F)ccc3F)c3ccccc3)csc2n1. The van der Waals surface area contributed by atoms with Crippen molar-refractivity contribution >= 4 is 50.6 Å². The van der Waals surface area contributed by atoms with Crippen LogP contribution in [0.1, 0.15) is 5.56 Å². The van der Waals surface area contributed by atoms with Crippen LogP contribution in [0.2, 0.25) is 0 Å². The van der Waals surface area contributed by atoms with Crippen molar-refractivity contribution in [2.75, 3.05) is 16.0 Å². The number of thiophene rings is 1. The molecule has 0 fully saturated rings. The van der Waals surface area contributed by atoms with Gasteiger partial charge in [0.1, 0.15) is 10.6 Å². The molecular formula is C20H13F4N5OS. The lowest BCUT2D eigenvalue weighted by atomic mass is 10.2. The Kier molecular flexibility index (Phi) is 5.19. The van der Waals surface area contributed by atoms with Crippen molar-refractivity contribution in [2.24, 2.45) is 0 Å². The topological polar surface area (TPSA) is 84.1 Å². The summed E-state index contributed by atoms with van der Waals surface area (Å²) >= 11 is 1.21. The first kappa shape index (κ1) is 20.5. The molecule has 0 bridgehead atoms. The van der Waals surface area contributed by atoms with Crippen molar-refractivity contribution in [2.45, 2.75) is 6.18 Å². The van der Waals surface area contributed by atoms with E-state index in [1.165, 1.54) is 22.4 Å². The van der Waals surface area contributed by atoms with Gasteiger partial charge in [-0.1, -0.05) is 18.2 Å². The Morgan fingerprint density at radius 1 is 1.13 bits per heavy atom. The zero-order valence-corrected chi connectivity index (χ0v) is 16.3. The third-order valence-corrected chi connectivity index (χ3v) is 5.20. The molecule has 2 aromatic heterocycles. The molecule has 11 heteroatoms. The summed E-state index contributed by atoms with van der Waals surface area (Å²) in [4.78, 5) is 22.9. The molecule has 0 aliphatic rings. The predicted octanol–water partition coefficient (Wildman–Crippen LogP) is 5.80. The molecule has 6 nitrogen and oxygen atoms in total. The maximum atomic E-state index is 14.2. The van der Waals surface area contributed by atoms with E-state index in [4.69, 9.17) is 5.73 Å². The van der Waals surface area contributed by atoms with Gasteiger partial charge in [-0.25, -0.2) is 19.2 Å². The van der Waals surface area contributed by atoms with Crippen LogP contribution in [0.5, 0.6) is 0 Å². The summed E-state index contributed by atoms with van der Waals surface area (Å²) in [5.41, 5.74) is 4.70. The Hall–Kier alpha value is -3.73. The fourth-order valence-corrected chi connectivity index (χ4v) is 3.79. The molecule has 4 aromatic rings. The number of hydrogen-bond acceptors (Lipinski definition) is 5. The molecule has 0 saturated heterocycles. The molecule has 0 aliphatic carbocycles. The van der Waals surface area contributed by atoms with Crippen LogP contribution in [-0.4, -0.2) is 16.0 Å². The fraction of sp³-hybridized carbons (Fsp3) is 0.0500. The van der Waals surface area contributed by atoms with Crippen LogP contribution in [0.3, 0.4) is 0 Å². The molecule has 2 aromatic carbocycles. The van der Waals surface area contributed by atoms with E-state index in [-0.39, 0.29) is 5.95 Å². The number of aromatic nitrogens is 2. The maximum Gasteiger partial charge on any atom is 0.416 e. The molecule has 31 heavy (non-hydrogen) atoms. The highest BCUT2D eigenvalue weighted by atomic mass is 32.1. The number of carbonyl (C=O) groups excluding carboxylic acids is 1. The predicted molar refractivity (Wildman–Crippen MR) is 111 cm³/mol. The largest absolute Gasteiger partial charge is 0.416 e. The van der Waals surface area contributed by atoms with Gasteiger partial charge >= 0.3 is 12.2 Å². The van der Waals surface area contributed by atoms with E-state index < -0.39 is 29.3 Å². The molecule has 0 atom stereocenters. The second kappa shape index (κ2) is 7.84. The number of amides is 2. The summed E-state index contributed by atoms with van der Waals surface area (Å²) in [6, 6.07) is 9.31. The van der Waals surface area contributed by atoms with Crippen LogP contribution < -0.4 is 16.0 Å². The van der Waals surface area contributed by atoms with Crippen molar-refractivity contribution < 1.29 is 22.4 Å². The number of nitrogens with one attached hydrogen (secondary N) is 1. The number of hydrogen-bond donors (Lipinski definition) is 2. The van der Waals surface area contributed by atoms with E-state index in [1.54, 1.807) is 35.7 Å². The van der Waals surface area contributed by atoms with E-state index in [0.29, 0.717) is 39.8 Å². The monoisotopic (exact) mass is 447 g/mol. The summed E-state index contributed by atoms with van der Waals surface area (Å²) in [6.45, 7) is 0. The first-order valence-corrected chi connectivity index (χ1v) is 9.64. The van der Waals surface area contributed by atoms with Gasteiger partial charge in [0.2, 0.25) is 5.95 Å². The van der Waals surface area contributed by atoms with Gasteiger partial charge in [0.15, 0.2) is 0 Å². The number of nitrogens with zero attached hydrogens (tertiary/aromatic N) is 3. The van der Waals surface area contributed by atoms with Crippen molar-refractivity contribution in [1.29, 1.82) is 0 Å². The minimum atomic E-state index is -4.69. The normalized spacial score (nSPS) is 11.5. The van der Waals surface area contributed by atoms with Gasteiger partial charge in [-0.05, 0) is 30.3 Å². The fourth-order valence-electron chi connectivity index (χ4n) is 2.90. The molecule has 2 amide bonds. The van der Waals surface area contributed by atoms with Crippen molar-refractivity contribution in [1.82, 2.24) is 9.97 Å². The van der Waals surface area contributed by atoms with Gasteiger partial charge in [-0.15, -0.1) is 11.3 Å². The van der Waals surface area contributed by atoms with Crippen molar-refractivity contribution in [3.63, 3.8) is 0 Å². The van der Waals surface area contributed by atoms with Crippen molar-refractivity contribution in [3.8, 4) is 0 Å². The van der Waals surface area contributed by atoms with Gasteiger partial charge in [-0.2, -0.15) is 13.2 Å². The highest BCUT2D eigenvalue weighted by Crippen LogP contribution is 2.37. The number of nitrogens with two attached hydrogens (primary N) is 1. The van der Waals surface area contributed by atoms with Crippen LogP contribution in [-0.2, 0) is 6.18 Å².